The van der Waals surface area contributed by atoms with E-state index >= 15 is 0 Å². The monoisotopic (exact) mass is 454 g/mol. The Morgan fingerprint density at radius 1 is 1.03 bits per heavy atom. The molecule has 1 aromatic heterocycles. The molecule has 0 aliphatic rings. The SMILES string of the molecule is C=CC(=O)Nc1ccc(Cc2ccc(C)cc2F)c(-c2cn(C(C)C)c(=O)c3ccccc23)c1. The van der Waals surface area contributed by atoms with Crippen molar-refractivity contribution in [3.63, 3.8) is 0 Å². The molecule has 0 spiro atoms. The second-order valence-electron chi connectivity index (χ2n) is 8.73. The Bertz CT molecular complexity index is 1470. The smallest absolute Gasteiger partial charge is 0.258 e. The number of aromatic nitrogens is 1. The number of rotatable bonds is 6. The Kier molecular flexibility index (Phi) is 6.46. The summed E-state index contributed by atoms with van der Waals surface area (Å²) in [6, 6.07) is 18.2. The Balaban J connectivity index is 1.98. The second kappa shape index (κ2) is 9.48. The van der Waals surface area contributed by atoms with Gasteiger partial charge in [0, 0.05) is 35.3 Å². The summed E-state index contributed by atoms with van der Waals surface area (Å²) >= 11 is 0. The summed E-state index contributed by atoms with van der Waals surface area (Å²) in [6.45, 7) is 9.30. The van der Waals surface area contributed by atoms with E-state index in [2.05, 4.69) is 11.9 Å². The van der Waals surface area contributed by atoms with Crippen molar-refractivity contribution in [1.82, 2.24) is 4.57 Å². The van der Waals surface area contributed by atoms with Gasteiger partial charge in [-0.25, -0.2) is 4.39 Å². The van der Waals surface area contributed by atoms with Crippen molar-refractivity contribution in [2.24, 2.45) is 0 Å². The zero-order chi connectivity index (χ0) is 24.4. The molecule has 4 nitrogen and oxygen atoms in total. The summed E-state index contributed by atoms with van der Waals surface area (Å²) in [6.07, 6.45) is 3.44. The Labute approximate surface area is 198 Å². The minimum Gasteiger partial charge on any atom is -0.323 e. The van der Waals surface area contributed by atoms with E-state index in [-0.39, 0.29) is 23.3 Å². The molecule has 1 heterocycles. The first-order valence-electron chi connectivity index (χ1n) is 11.2. The van der Waals surface area contributed by atoms with Crippen LogP contribution < -0.4 is 10.9 Å². The van der Waals surface area contributed by atoms with Gasteiger partial charge in [-0.15, -0.1) is 0 Å². The van der Waals surface area contributed by atoms with Gasteiger partial charge in [-0.2, -0.15) is 0 Å². The fourth-order valence-corrected chi connectivity index (χ4v) is 4.16. The maximum Gasteiger partial charge on any atom is 0.258 e. The number of amides is 1. The van der Waals surface area contributed by atoms with Crippen molar-refractivity contribution in [2.75, 3.05) is 5.32 Å². The van der Waals surface area contributed by atoms with Crippen LogP contribution in [0.15, 0.2) is 84.3 Å². The van der Waals surface area contributed by atoms with Crippen LogP contribution in [0.1, 0.15) is 36.6 Å². The van der Waals surface area contributed by atoms with Crippen molar-refractivity contribution >= 4 is 22.4 Å². The van der Waals surface area contributed by atoms with Crippen molar-refractivity contribution in [1.29, 1.82) is 0 Å². The van der Waals surface area contributed by atoms with Crippen LogP contribution in [-0.2, 0) is 11.2 Å². The van der Waals surface area contributed by atoms with Crippen LogP contribution in [0.3, 0.4) is 0 Å². The molecule has 0 radical (unpaired) electrons. The van der Waals surface area contributed by atoms with Crippen LogP contribution in [0.5, 0.6) is 0 Å². The molecular formula is C29H27FN2O2. The van der Waals surface area contributed by atoms with Gasteiger partial charge in [0.1, 0.15) is 5.82 Å². The number of pyridine rings is 1. The van der Waals surface area contributed by atoms with Crippen LogP contribution in [0, 0.1) is 12.7 Å². The van der Waals surface area contributed by atoms with Crippen molar-refractivity contribution in [2.45, 2.75) is 33.2 Å². The van der Waals surface area contributed by atoms with Crippen LogP contribution in [0.25, 0.3) is 21.9 Å². The van der Waals surface area contributed by atoms with Crippen LogP contribution in [0.2, 0.25) is 0 Å². The predicted octanol–water partition coefficient (Wildman–Crippen LogP) is 6.41. The highest BCUT2D eigenvalue weighted by Gasteiger charge is 2.17. The number of carbonyl (C=O) groups is 1. The summed E-state index contributed by atoms with van der Waals surface area (Å²) in [5, 5.41) is 4.23. The summed E-state index contributed by atoms with van der Waals surface area (Å²) < 4.78 is 16.4. The van der Waals surface area contributed by atoms with Gasteiger partial charge in [-0.05, 0) is 78.8 Å². The fraction of sp³-hybridized carbons (Fsp3) is 0.172. The quantitative estimate of drug-likeness (QED) is 0.342. The summed E-state index contributed by atoms with van der Waals surface area (Å²) in [5.74, 6) is -0.577. The Hall–Kier alpha value is -3.99. The van der Waals surface area contributed by atoms with Gasteiger partial charge in [-0.1, -0.05) is 43.0 Å². The first-order chi connectivity index (χ1) is 16.3. The molecule has 0 saturated heterocycles. The standard InChI is InChI=1S/C29H27FN2O2/c1-5-28(33)31-22-13-12-20(15-21-11-10-19(4)14-27(21)30)25(16-22)26-17-32(18(2)3)29(34)24-9-7-6-8-23(24)26/h5-14,16-18H,1,15H2,2-4H3,(H,31,33). The van der Waals surface area contributed by atoms with E-state index in [4.69, 9.17) is 0 Å². The molecule has 4 rings (SSSR count). The van der Waals surface area contributed by atoms with Crippen molar-refractivity contribution < 1.29 is 9.18 Å². The average Bonchev–Trinajstić information content (AvgIpc) is 2.82. The highest BCUT2D eigenvalue weighted by atomic mass is 19.1. The summed E-state index contributed by atoms with van der Waals surface area (Å²) in [4.78, 5) is 25.1. The molecule has 4 aromatic rings. The number of halogens is 1. The van der Waals surface area contributed by atoms with E-state index in [0.29, 0.717) is 23.1 Å². The summed E-state index contributed by atoms with van der Waals surface area (Å²) in [5.41, 5.74) is 4.54. The third kappa shape index (κ3) is 4.55. The maximum absolute atomic E-state index is 14.7. The predicted molar refractivity (Wildman–Crippen MR) is 137 cm³/mol. The molecule has 1 amide bonds. The number of hydrogen-bond donors (Lipinski definition) is 1. The third-order valence-electron chi connectivity index (χ3n) is 5.95. The molecule has 1 N–H and O–H groups in total. The van der Waals surface area contributed by atoms with E-state index in [1.807, 2.05) is 69.4 Å². The summed E-state index contributed by atoms with van der Waals surface area (Å²) in [7, 11) is 0. The molecule has 0 atom stereocenters. The average molecular weight is 455 g/mol. The van der Waals surface area contributed by atoms with E-state index in [1.165, 1.54) is 12.1 Å². The molecule has 0 saturated carbocycles. The molecule has 0 aliphatic carbocycles. The van der Waals surface area contributed by atoms with Gasteiger partial charge < -0.3 is 9.88 Å². The van der Waals surface area contributed by atoms with Gasteiger partial charge in [-0.3, -0.25) is 9.59 Å². The maximum atomic E-state index is 14.7. The minimum atomic E-state index is -0.319. The van der Waals surface area contributed by atoms with Gasteiger partial charge >= 0.3 is 0 Å². The van der Waals surface area contributed by atoms with Crippen molar-refractivity contribution in [3.8, 4) is 11.1 Å². The number of fused-ring (bicyclic) bond motifs is 1. The number of aryl methyl sites for hydroxylation is 1. The zero-order valence-electron chi connectivity index (χ0n) is 19.6. The normalized spacial score (nSPS) is 11.1. The highest BCUT2D eigenvalue weighted by molar-refractivity contribution is 6.01. The molecule has 0 aliphatic heterocycles. The van der Waals surface area contributed by atoms with Crippen LogP contribution in [0.4, 0.5) is 10.1 Å². The minimum absolute atomic E-state index is 0.0440. The van der Waals surface area contributed by atoms with E-state index in [9.17, 15) is 14.0 Å². The lowest BCUT2D eigenvalue weighted by Gasteiger charge is -2.18. The lowest BCUT2D eigenvalue weighted by Crippen LogP contribution is -2.22. The first-order valence-corrected chi connectivity index (χ1v) is 11.2. The highest BCUT2D eigenvalue weighted by Crippen LogP contribution is 2.34. The largest absolute Gasteiger partial charge is 0.323 e. The zero-order valence-corrected chi connectivity index (χ0v) is 19.6. The Morgan fingerprint density at radius 3 is 2.41 bits per heavy atom. The van der Waals surface area contributed by atoms with Gasteiger partial charge in [0.05, 0.1) is 0 Å². The van der Waals surface area contributed by atoms with Crippen LogP contribution >= 0.6 is 0 Å². The van der Waals surface area contributed by atoms with E-state index in [0.717, 1.165) is 27.6 Å². The van der Waals surface area contributed by atoms with Crippen LogP contribution in [-0.4, -0.2) is 10.5 Å². The molecule has 0 fully saturated rings. The number of nitrogens with zero attached hydrogens (tertiary/aromatic N) is 1. The molecular weight excluding hydrogens is 427 g/mol. The Morgan fingerprint density at radius 2 is 1.74 bits per heavy atom. The van der Waals surface area contributed by atoms with E-state index in [1.54, 1.807) is 16.7 Å². The fourth-order valence-electron chi connectivity index (χ4n) is 4.16. The van der Waals surface area contributed by atoms with Gasteiger partial charge in [0.2, 0.25) is 5.91 Å². The molecule has 3 aromatic carbocycles. The lowest BCUT2D eigenvalue weighted by molar-refractivity contribution is -0.111. The topological polar surface area (TPSA) is 51.1 Å². The molecule has 0 unspecified atom stereocenters. The number of anilines is 1. The molecule has 5 heteroatoms. The molecule has 172 valence electrons. The lowest BCUT2D eigenvalue weighted by atomic mass is 9.92. The number of carbonyl (C=O) groups excluding carboxylic acids is 1. The van der Waals surface area contributed by atoms with Crippen molar-refractivity contribution in [3.05, 3.63) is 112 Å². The number of benzene rings is 3. The molecule has 0 bridgehead atoms. The van der Waals surface area contributed by atoms with Gasteiger partial charge in [0.25, 0.3) is 5.56 Å². The second-order valence-corrected chi connectivity index (χ2v) is 8.73. The van der Waals surface area contributed by atoms with E-state index < -0.39 is 0 Å². The number of hydrogen-bond acceptors (Lipinski definition) is 2. The first kappa shape index (κ1) is 23.2. The number of nitrogens with one attached hydrogen (secondary N) is 1. The molecule has 34 heavy (non-hydrogen) atoms. The van der Waals surface area contributed by atoms with Gasteiger partial charge in [0.15, 0.2) is 0 Å². The third-order valence-corrected chi connectivity index (χ3v) is 5.95.